The van der Waals surface area contributed by atoms with Crippen LogP contribution < -0.4 is 26.7 Å². The van der Waals surface area contributed by atoms with Gasteiger partial charge in [0, 0.05) is 18.5 Å². The Kier molecular flexibility index (Phi) is 4.91. The van der Waals surface area contributed by atoms with Crippen LogP contribution in [0.25, 0.3) is 16.9 Å². The molecule has 0 aliphatic carbocycles. The lowest BCUT2D eigenvalue weighted by Crippen LogP contribution is -2.27. The number of carbonyl (C=O) groups excluding carboxylic acids is 1. The first kappa shape index (κ1) is 21.2. The number of carbonyl (C=O) groups is 1. The van der Waals surface area contributed by atoms with Crippen molar-refractivity contribution in [2.75, 3.05) is 18.5 Å². The van der Waals surface area contributed by atoms with Crippen LogP contribution in [0.2, 0.25) is 0 Å². The molecular formula is C22H18FN7O5. The van der Waals surface area contributed by atoms with Crippen molar-refractivity contribution in [2.24, 2.45) is 0 Å². The van der Waals surface area contributed by atoms with Crippen molar-refractivity contribution >= 4 is 22.8 Å². The largest absolute Gasteiger partial charge is 0.480 e. The minimum atomic E-state index is -0.713. The molecule has 0 spiro atoms. The average molecular weight is 479 g/mol. The number of amides is 1. The molecule has 2 aliphatic heterocycles. The van der Waals surface area contributed by atoms with E-state index < -0.39 is 11.6 Å². The summed E-state index contributed by atoms with van der Waals surface area (Å²) >= 11 is 0. The van der Waals surface area contributed by atoms with Gasteiger partial charge in [-0.3, -0.25) is 9.59 Å². The van der Waals surface area contributed by atoms with Crippen LogP contribution in [0, 0.1) is 5.82 Å². The number of ether oxygens (including phenoxy) is 1. The molecule has 2 N–H and O–H groups in total. The van der Waals surface area contributed by atoms with Crippen molar-refractivity contribution < 1.29 is 18.3 Å². The van der Waals surface area contributed by atoms with Crippen molar-refractivity contribution in [3.63, 3.8) is 0 Å². The summed E-state index contributed by atoms with van der Waals surface area (Å²) in [5.74, 6) is -0.457. The summed E-state index contributed by atoms with van der Waals surface area (Å²) in [5, 5.41) is 10.0. The first-order valence-electron chi connectivity index (χ1n) is 10.9. The van der Waals surface area contributed by atoms with Crippen LogP contribution in [0.1, 0.15) is 23.9 Å². The molecule has 3 aromatic heterocycles. The molecule has 1 atom stereocenters. The maximum atomic E-state index is 14.6. The number of nitrogens with zero attached hydrogens (tertiary/aromatic N) is 5. The van der Waals surface area contributed by atoms with Gasteiger partial charge in [0.05, 0.1) is 23.3 Å². The summed E-state index contributed by atoms with van der Waals surface area (Å²) < 4.78 is 27.6. The number of aromatic nitrogens is 5. The fraction of sp³-hybridized carbons (Fsp3) is 0.273. The van der Waals surface area contributed by atoms with Gasteiger partial charge in [-0.05, 0) is 37.2 Å². The molecule has 13 heteroatoms. The van der Waals surface area contributed by atoms with E-state index in [0.717, 1.165) is 4.68 Å². The Labute approximate surface area is 195 Å². The maximum Gasteiger partial charge on any atom is 0.443 e. The molecule has 0 saturated heterocycles. The van der Waals surface area contributed by atoms with Gasteiger partial charge in [-0.2, -0.15) is 0 Å². The first-order chi connectivity index (χ1) is 17.0. The predicted molar refractivity (Wildman–Crippen MR) is 119 cm³/mol. The second-order valence-electron chi connectivity index (χ2n) is 8.17. The molecule has 178 valence electrons. The standard InChI is InChI=1S/C22H18FN7O5/c23-11-3-4-12-20-19(11)13(9-29(20)18(32)8-25-12)24-7-1-2-17-28-30(22(33)35-17)15-6-5-14-21(26-15)27-16(31)10-34-14/h3-6,8,13,24H,1-2,7,9-10H2,(H,26,27,31)/t13-/m1/s1. The quantitative estimate of drug-likeness (QED) is 0.381. The van der Waals surface area contributed by atoms with Gasteiger partial charge >= 0.3 is 5.76 Å². The molecular weight excluding hydrogens is 461 g/mol. The monoisotopic (exact) mass is 479 g/mol. The van der Waals surface area contributed by atoms with Crippen LogP contribution in [-0.4, -0.2) is 43.4 Å². The highest BCUT2D eigenvalue weighted by atomic mass is 19.1. The van der Waals surface area contributed by atoms with Gasteiger partial charge in [0.1, 0.15) is 5.82 Å². The van der Waals surface area contributed by atoms with Crippen LogP contribution in [0.5, 0.6) is 5.75 Å². The summed E-state index contributed by atoms with van der Waals surface area (Å²) in [7, 11) is 0. The first-order valence-corrected chi connectivity index (χ1v) is 10.9. The van der Waals surface area contributed by atoms with Crippen LogP contribution in [0.3, 0.4) is 0 Å². The second-order valence-corrected chi connectivity index (χ2v) is 8.17. The minimum Gasteiger partial charge on any atom is -0.480 e. The molecule has 5 heterocycles. The van der Waals surface area contributed by atoms with E-state index in [2.05, 4.69) is 25.7 Å². The third kappa shape index (κ3) is 3.65. The van der Waals surface area contributed by atoms with E-state index in [-0.39, 0.29) is 41.6 Å². The third-order valence-electron chi connectivity index (χ3n) is 5.93. The van der Waals surface area contributed by atoms with E-state index in [4.69, 9.17) is 9.15 Å². The summed E-state index contributed by atoms with van der Waals surface area (Å²) in [6.07, 6.45) is 2.12. The van der Waals surface area contributed by atoms with Crippen molar-refractivity contribution in [1.82, 2.24) is 29.6 Å². The summed E-state index contributed by atoms with van der Waals surface area (Å²) in [5.41, 5.74) is 1.24. The van der Waals surface area contributed by atoms with E-state index in [1.165, 1.54) is 22.9 Å². The van der Waals surface area contributed by atoms with Crippen LogP contribution >= 0.6 is 0 Å². The number of nitrogens with one attached hydrogen (secondary N) is 2. The smallest absolute Gasteiger partial charge is 0.443 e. The van der Waals surface area contributed by atoms with Gasteiger partial charge in [0.25, 0.3) is 11.5 Å². The van der Waals surface area contributed by atoms with Gasteiger partial charge in [0.15, 0.2) is 24.0 Å². The summed E-state index contributed by atoms with van der Waals surface area (Å²) in [6.45, 7) is 0.675. The highest BCUT2D eigenvalue weighted by Gasteiger charge is 2.28. The van der Waals surface area contributed by atoms with Crippen LogP contribution in [-0.2, 0) is 17.8 Å². The van der Waals surface area contributed by atoms with Crippen molar-refractivity contribution in [2.45, 2.75) is 25.4 Å². The predicted octanol–water partition coefficient (Wildman–Crippen LogP) is 0.677. The topological polar surface area (TPSA) is 146 Å². The summed E-state index contributed by atoms with van der Waals surface area (Å²) in [4.78, 5) is 44.3. The number of anilines is 1. The Hall–Kier alpha value is -4.39. The lowest BCUT2D eigenvalue weighted by atomic mass is 10.1. The molecule has 0 fully saturated rings. The van der Waals surface area contributed by atoms with Crippen molar-refractivity contribution in [3.8, 4) is 11.6 Å². The molecule has 1 aromatic carbocycles. The lowest BCUT2D eigenvalue weighted by molar-refractivity contribution is -0.118. The zero-order valence-electron chi connectivity index (χ0n) is 18.2. The molecule has 1 amide bonds. The Morgan fingerprint density at radius 1 is 1.20 bits per heavy atom. The Morgan fingerprint density at radius 3 is 2.97 bits per heavy atom. The zero-order valence-corrected chi connectivity index (χ0v) is 18.2. The average Bonchev–Trinajstić information content (AvgIpc) is 3.42. The van der Waals surface area contributed by atoms with E-state index in [0.29, 0.717) is 48.3 Å². The molecule has 4 aromatic rings. The minimum absolute atomic E-state index is 0.0987. The molecule has 2 aliphatic rings. The highest BCUT2D eigenvalue weighted by molar-refractivity contribution is 5.94. The third-order valence-corrected chi connectivity index (χ3v) is 5.93. The number of halogens is 1. The molecule has 0 unspecified atom stereocenters. The van der Waals surface area contributed by atoms with Gasteiger partial charge in [-0.25, -0.2) is 19.2 Å². The van der Waals surface area contributed by atoms with E-state index in [1.54, 1.807) is 12.1 Å². The van der Waals surface area contributed by atoms with E-state index >= 15 is 0 Å². The summed E-state index contributed by atoms with van der Waals surface area (Å²) in [6, 6.07) is 5.66. The molecule has 0 bridgehead atoms. The number of fused-ring (bicyclic) bond motifs is 1. The van der Waals surface area contributed by atoms with Gasteiger partial charge in [-0.1, -0.05) is 0 Å². The van der Waals surface area contributed by atoms with Crippen LogP contribution in [0.15, 0.2) is 44.5 Å². The molecule has 0 saturated carbocycles. The lowest BCUT2D eigenvalue weighted by Gasteiger charge is -2.16. The normalized spacial score (nSPS) is 16.3. The van der Waals surface area contributed by atoms with Gasteiger partial charge < -0.3 is 24.4 Å². The molecule has 0 radical (unpaired) electrons. The maximum absolute atomic E-state index is 14.6. The van der Waals surface area contributed by atoms with Crippen molar-refractivity contribution in [1.29, 1.82) is 0 Å². The Bertz CT molecular complexity index is 1610. The molecule has 12 nitrogen and oxygen atoms in total. The van der Waals surface area contributed by atoms with Gasteiger partial charge in [-0.15, -0.1) is 9.78 Å². The number of rotatable bonds is 6. The Balaban J connectivity index is 1.13. The number of aryl methyl sites for hydroxylation is 1. The fourth-order valence-corrected chi connectivity index (χ4v) is 4.37. The zero-order chi connectivity index (χ0) is 24.1. The Morgan fingerprint density at radius 2 is 2.09 bits per heavy atom. The number of hydrogen-bond donors (Lipinski definition) is 2. The van der Waals surface area contributed by atoms with E-state index in [1.807, 2.05) is 0 Å². The number of benzene rings is 1. The highest BCUT2D eigenvalue weighted by Crippen LogP contribution is 2.32. The van der Waals surface area contributed by atoms with Crippen molar-refractivity contribution in [3.05, 3.63) is 68.6 Å². The molecule has 35 heavy (non-hydrogen) atoms. The molecule has 6 rings (SSSR count). The van der Waals surface area contributed by atoms with Crippen LogP contribution in [0.4, 0.5) is 10.2 Å². The van der Waals surface area contributed by atoms with Gasteiger partial charge in [0.2, 0.25) is 5.89 Å². The number of hydrogen-bond acceptors (Lipinski definition) is 9. The SMILES string of the molecule is O=C1COc2ccc(-n3nc(CCCN[C@@H]4Cn5c(=O)cnc6ccc(F)c4c65)oc3=O)nc2N1. The van der Waals surface area contributed by atoms with E-state index in [9.17, 15) is 18.8 Å². The fourth-order valence-electron chi connectivity index (χ4n) is 4.37. The second kappa shape index (κ2) is 8.13. The number of pyridine rings is 1.